The smallest absolute Gasteiger partial charge is 0.305 e. The Bertz CT molecular complexity index is 4830. The van der Waals surface area contributed by atoms with Crippen molar-refractivity contribution in [3.05, 3.63) is 138 Å². The Morgan fingerprint density at radius 2 is 0.728 bits per heavy atom. The number of aliphatic hydroxyl groups excluding tert-OH is 3. The average Bonchev–Trinajstić information content (AvgIpc) is 1.23. The van der Waals surface area contributed by atoms with Crippen LogP contribution in [0.1, 0.15) is 137 Å². The zero-order chi connectivity index (χ0) is 101. The van der Waals surface area contributed by atoms with E-state index in [9.17, 15) is 122 Å². The Labute approximate surface area is 785 Å². The number of benzene rings is 4. The average molecular weight is 1900 g/mol. The molecule has 0 radical (unpaired) electrons. The molecule has 4 aromatic rings. The van der Waals surface area contributed by atoms with Gasteiger partial charge in [-0.3, -0.25) is 96.1 Å². The van der Waals surface area contributed by atoms with Crippen molar-refractivity contribution < 1.29 is 122 Å². The van der Waals surface area contributed by atoms with Crippen LogP contribution in [-0.4, -0.2) is 284 Å². The minimum atomic E-state index is -2.00. The predicted molar refractivity (Wildman–Crippen MR) is 492 cm³/mol. The van der Waals surface area contributed by atoms with Crippen molar-refractivity contribution in [1.29, 1.82) is 0 Å². The van der Waals surface area contributed by atoms with Gasteiger partial charge in [0.2, 0.25) is 100 Å². The summed E-state index contributed by atoms with van der Waals surface area (Å²) in [5.41, 5.74) is 13.9. The van der Waals surface area contributed by atoms with E-state index in [1.165, 1.54) is 52.4 Å². The highest BCUT2D eigenvalue weighted by molar-refractivity contribution is 6.02. The zero-order valence-electron chi connectivity index (χ0n) is 77.5. The Kier molecular flexibility index (Phi) is 46.3. The molecule has 45 heteroatoms. The van der Waals surface area contributed by atoms with E-state index in [1.54, 1.807) is 138 Å². The molecule has 0 spiro atoms. The molecule has 0 bridgehead atoms. The molecule has 1 heterocycles. The van der Waals surface area contributed by atoms with Gasteiger partial charge in [0, 0.05) is 31.9 Å². The molecule has 1 aliphatic heterocycles. The maximum atomic E-state index is 14.8. The predicted octanol–water partition coefficient (Wildman–Crippen LogP) is -5.12. The van der Waals surface area contributed by atoms with Crippen LogP contribution in [0.4, 0.5) is 0 Å². The summed E-state index contributed by atoms with van der Waals surface area (Å²) in [6.07, 6.45) is -1.73. The molecule has 1 aliphatic rings. The summed E-state index contributed by atoms with van der Waals surface area (Å²) in [5.74, 6) is -23.4. The Morgan fingerprint density at radius 3 is 1.15 bits per heavy atom. The Morgan fingerprint density at radius 1 is 0.375 bits per heavy atom. The van der Waals surface area contributed by atoms with Crippen LogP contribution in [0, 0.1) is 23.7 Å². The summed E-state index contributed by atoms with van der Waals surface area (Å²) in [4.78, 5) is 270. The molecule has 45 nitrogen and oxygen atoms in total. The van der Waals surface area contributed by atoms with Crippen LogP contribution >= 0.6 is 0 Å². The first-order valence-electron chi connectivity index (χ1n) is 44.4. The highest BCUT2D eigenvalue weighted by atomic mass is 16.4. The van der Waals surface area contributed by atoms with Crippen molar-refractivity contribution in [2.24, 2.45) is 45.1 Å². The van der Waals surface area contributed by atoms with Crippen LogP contribution < -0.4 is 96.5 Å². The Balaban J connectivity index is 1.23. The van der Waals surface area contributed by atoms with Gasteiger partial charge in [0.15, 0.2) is 0 Å². The summed E-state index contributed by atoms with van der Waals surface area (Å²) in [6, 6.07) is 4.20. The third-order valence-electron chi connectivity index (χ3n) is 22.0. The number of carbonyl (C=O) groups is 19. The largest absolute Gasteiger partial charge is 0.508 e. The molecular weight excluding hydrogens is 1770 g/mol. The van der Waals surface area contributed by atoms with Gasteiger partial charge in [-0.2, -0.15) is 0 Å². The van der Waals surface area contributed by atoms with Crippen LogP contribution in [0.5, 0.6) is 5.75 Å². The molecule has 0 aromatic heterocycles. The van der Waals surface area contributed by atoms with E-state index in [0.29, 0.717) is 28.7 Å². The second-order valence-corrected chi connectivity index (χ2v) is 34.0. The molecular formula is C91H128N20O25. The number of primary amides is 1. The van der Waals surface area contributed by atoms with E-state index in [4.69, 9.17) is 11.5 Å². The van der Waals surface area contributed by atoms with Gasteiger partial charge in [0.25, 0.3) is 0 Å². The molecule has 0 saturated carbocycles. The molecule has 0 saturated heterocycles. The quantitative estimate of drug-likeness (QED) is 0.0197. The van der Waals surface area contributed by atoms with Crippen LogP contribution in [-0.2, 0) is 117 Å². The third-order valence-corrected chi connectivity index (χ3v) is 22.0. The summed E-state index contributed by atoms with van der Waals surface area (Å²) in [5, 5.41) is 100.0. The van der Waals surface area contributed by atoms with Gasteiger partial charge in [-0.25, -0.2) is 4.99 Å². The number of aromatic hydroxyl groups is 1. The van der Waals surface area contributed by atoms with Gasteiger partial charge in [-0.05, 0) is 91.7 Å². The zero-order valence-corrected chi connectivity index (χ0v) is 77.5. The lowest BCUT2D eigenvalue weighted by atomic mass is 9.97. The van der Waals surface area contributed by atoms with Crippen molar-refractivity contribution in [3.63, 3.8) is 0 Å². The van der Waals surface area contributed by atoms with Crippen LogP contribution in [0.25, 0.3) is 0 Å². The lowest BCUT2D eigenvalue weighted by Gasteiger charge is -2.29. The van der Waals surface area contributed by atoms with Gasteiger partial charge in [-0.1, -0.05) is 171 Å². The lowest BCUT2D eigenvalue weighted by Crippen LogP contribution is -2.62. The number of hydrogen-bond donors (Lipinski definition) is 24. The van der Waals surface area contributed by atoms with E-state index < -0.39 is 272 Å². The molecule has 0 aliphatic carbocycles. The molecule has 4 aromatic carbocycles. The Hall–Kier alpha value is -14.2. The number of phenolic OH excluding ortho intramolecular Hbond substituents is 1. The number of aliphatic carboxylic acids is 2. The molecule has 136 heavy (non-hydrogen) atoms. The second-order valence-electron chi connectivity index (χ2n) is 34.0. The van der Waals surface area contributed by atoms with Crippen molar-refractivity contribution in [2.75, 3.05) is 19.8 Å². The molecule has 5 rings (SSSR count). The number of amides is 17. The SMILES string of the molecule is CC[C@H](C)[C@H](NC(=O)[C@H](CO)NC(=O)[C@H](CC1C=NC=N1)NC(=O)[C@H](Cc1ccccc1)NC(=O)[C@H](Cc1ccccc1)NC(=O)[C@H](CC(=O)O)NC(=O)CNC(=O)[C@@H](NC(=O)[C@@H](NC(=O)[C@H](CO)NC(=O)[C@H](C)NC(=O)[C@@H](NC(=O)[C@H](CC(=O)O)NC(=O)[C@H](C)NC(=O)[C@H](Cc1ccccc1)NC(=O)[C@@H](CC(C)C)NC(=O)[C@@H](N)Cc1ccc(O)cc1)C(C)C)[C@@H](C)O)[C@@H](C)CC)C(N)=O. The number of nitrogens with zero attached hydrogens (tertiary/aromatic N) is 2. The van der Waals surface area contributed by atoms with E-state index >= 15 is 0 Å². The topological polar surface area (TPSA) is 715 Å². The number of hydrogen-bond acceptors (Lipinski definition) is 26. The summed E-state index contributed by atoms with van der Waals surface area (Å²) in [7, 11) is 0. The first-order chi connectivity index (χ1) is 64.3. The molecule has 20 atom stereocenters. The molecule has 1 unspecified atom stereocenters. The summed E-state index contributed by atoms with van der Waals surface area (Å²) >= 11 is 0. The second kappa shape index (κ2) is 56.1. The number of rotatable bonds is 57. The minimum absolute atomic E-state index is 0.000676. The highest BCUT2D eigenvalue weighted by Gasteiger charge is 2.41. The number of carbonyl (C=O) groups excluding carboxylic acids is 17. The molecule has 26 N–H and O–H groups in total. The van der Waals surface area contributed by atoms with E-state index in [-0.39, 0.29) is 56.6 Å². The van der Waals surface area contributed by atoms with Crippen LogP contribution in [0.15, 0.2) is 125 Å². The fraction of sp³-hybridized carbons (Fsp3) is 0.505. The van der Waals surface area contributed by atoms with Crippen molar-refractivity contribution >= 4 is 125 Å². The van der Waals surface area contributed by atoms with E-state index in [1.807, 2.05) is 0 Å². The minimum Gasteiger partial charge on any atom is -0.508 e. The maximum absolute atomic E-state index is 14.8. The van der Waals surface area contributed by atoms with Crippen molar-refractivity contribution in [2.45, 2.75) is 249 Å². The number of aliphatic hydroxyl groups is 3. The van der Waals surface area contributed by atoms with E-state index in [0.717, 1.165) is 13.8 Å². The van der Waals surface area contributed by atoms with E-state index in [2.05, 4.69) is 95.1 Å². The number of nitrogens with one attached hydrogen (secondary N) is 16. The number of carboxylic acid groups (broad SMARTS) is 2. The summed E-state index contributed by atoms with van der Waals surface area (Å²) < 4.78 is 0. The van der Waals surface area contributed by atoms with Crippen LogP contribution in [0.3, 0.4) is 0 Å². The van der Waals surface area contributed by atoms with Gasteiger partial charge in [-0.15, -0.1) is 0 Å². The number of aliphatic imine (C=N–C) groups is 2. The first kappa shape index (κ1) is 112. The van der Waals surface area contributed by atoms with Gasteiger partial charge in [0.1, 0.15) is 103 Å². The van der Waals surface area contributed by atoms with Crippen molar-refractivity contribution in [1.82, 2.24) is 85.1 Å². The fourth-order valence-corrected chi connectivity index (χ4v) is 13.8. The van der Waals surface area contributed by atoms with Gasteiger partial charge >= 0.3 is 11.9 Å². The molecule has 742 valence electrons. The number of phenols is 1. The third kappa shape index (κ3) is 37.7. The normalized spacial score (nSPS) is 16.3. The van der Waals surface area contributed by atoms with Gasteiger partial charge < -0.3 is 127 Å². The number of carboxylic acids is 2. The molecule has 17 amide bonds. The standard InChI is InChI=1S/C91H128N20O25/c1-12-48(7)73(76(93)121)109-87(132)68(44-113)107-84(129)64(38-57-41-94-45-96-57)105-83(128)63(37-55-27-21-16-22-28-55)103-82(127)62(36-54-25-19-15-20-26-54)104-85(130)65(39-70(117)118)99-69(116)42-95-89(134)74(49(8)13-2)110-91(136)75(52(11)114)111-88(133)67(43-112)106-78(123)51(10)98-90(135)72(47(5)6)108-86(131)66(40-71(119)120)100-77(122)50(9)97-80(125)61(35-53-23-17-14-18-24-53)102-81(126)60(33-46(3)4)101-79(124)59(92)34-56-29-31-58(115)32-30-56/h14-32,41,45-52,57,59-68,72-75,112-115H,12-13,33-40,42-44,92H2,1-11H3,(H2,93,121)(H,95,134)(H,97,125)(H,98,135)(H,99,116)(H,100,122)(H,101,124)(H,102,126)(H,103,127)(H,104,130)(H,105,128)(H,106,123)(H,107,129)(H,108,131)(H,109,132)(H,110,136)(H,111,133)(H,117,118)(H,119,120)/t48-,49-,50-,51-,52+,57?,59-,60+,61-,62-,63-,64-,65-,66-,67-,68-,72-,73-,74-,75-/m0/s1. The maximum Gasteiger partial charge on any atom is 0.305 e. The van der Waals surface area contributed by atoms with Crippen molar-refractivity contribution in [3.8, 4) is 5.75 Å². The monoisotopic (exact) mass is 1900 g/mol. The summed E-state index contributed by atoms with van der Waals surface area (Å²) in [6.45, 7) is 13.2. The van der Waals surface area contributed by atoms with Crippen LogP contribution in [0.2, 0.25) is 0 Å². The number of nitrogens with two attached hydrogens (primary N) is 2. The molecule has 0 fully saturated rings. The lowest BCUT2D eigenvalue weighted by molar-refractivity contribution is -0.142. The highest BCUT2D eigenvalue weighted by Crippen LogP contribution is 2.18. The first-order valence-corrected chi connectivity index (χ1v) is 44.4. The fourth-order valence-electron chi connectivity index (χ4n) is 13.8. The van der Waals surface area contributed by atoms with Gasteiger partial charge in [0.05, 0.1) is 50.8 Å².